The van der Waals surface area contributed by atoms with E-state index in [0.717, 1.165) is 22.2 Å². The summed E-state index contributed by atoms with van der Waals surface area (Å²) in [7, 11) is 1.94. The van der Waals surface area contributed by atoms with Crippen molar-refractivity contribution in [1.82, 2.24) is 4.57 Å². The fraction of sp³-hybridized carbons (Fsp3) is 0.385. The van der Waals surface area contributed by atoms with Crippen LogP contribution >= 0.6 is 0 Å². The Kier molecular flexibility index (Phi) is 2.31. The number of aromatic nitrogens is 1. The van der Waals surface area contributed by atoms with E-state index in [9.17, 15) is 4.39 Å². The molecule has 0 atom stereocenters. The highest BCUT2D eigenvalue weighted by Crippen LogP contribution is 2.32. The summed E-state index contributed by atoms with van der Waals surface area (Å²) in [5, 5.41) is 1.04. The number of aryl methyl sites for hydroxylation is 1. The Morgan fingerprint density at radius 3 is 2.50 bits per heavy atom. The molecule has 0 fully saturated rings. The third kappa shape index (κ3) is 1.52. The normalized spacial score (nSPS) is 12.4. The molecule has 2 rings (SSSR count). The third-order valence-electron chi connectivity index (χ3n) is 3.10. The second-order valence-corrected chi connectivity index (χ2v) is 4.90. The van der Waals surface area contributed by atoms with E-state index < -0.39 is 5.54 Å². The van der Waals surface area contributed by atoms with Crippen molar-refractivity contribution in [2.24, 2.45) is 12.8 Å². The van der Waals surface area contributed by atoms with Crippen molar-refractivity contribution in [3.8, 4) is 0 Å². The molecule has 1 aromatic carbocycles. The topological polar surface area (TPSA) is 30.9 Å². The van der Waals surface area contributed by atoms with Crippen molar-refractivity contribution in [1.29, 1.82) is 0 Å². The van der Waals surface area contributed by atoms with Gasteiger partial charge < -0.3 is 10.3 Å². The Labute approximate surface area is 94.9 Å². The molecule has 16 heavy (non-hydrogen) atoms. The second kappa shape index (κ2) is 3.32. The highest BCUT2D eigenvalue weighted by molar-refractivity contribution is 5.86. The Morgan fingerprint density at radius 2 is 1.94 bits per heavy atom. The van der Waals surface area contributed by atoms with E-state index in [1.54, 1.807) is 6.07 Å². The van der Waals surface area contributed by atoms with Gasteiger partial charge in [0.15, 0.2) is 0 Å². The van der Waals surface area contributed by atoms with Gasteiger partial charge in [-0.25, -0.2) is 4.39 Å². The number of benzene rings is 1. The van der Waals surface area contributed by atoms with Crippen LogP contribution in [0.5, 0.6) is 0 Å². The lowest BCUT2D eigenvalue weighted by atomic mass is 9.93. The number of nitrogens with two attached hydrogens (primary N) is 1. The van der Waals surface area contributed by atoms with Crippen LogP contribution in [0.4, 0.5) is 4.39 Å². The number of rotatable bonds is 1. The summed E-state index contributed by atoms with van der Waals surface area (Å²) in [6.07, 6.45) is 0. The highest BCUT2D eigenvalue weighted by Gasteiger charge is 2.23. The predicted octanol–water partition coefficient (Wildman–Crippen LogP) is 2.82. The standard InChI is InChI=1S/C13H17FN2/c1-8-12(13(2,3)15)10-6-5-9(14)7-11(10)16(8)4/h5-7H,15H2,1-4H3. The molecule has 2 nitrogen and oxygen atoms in total. The van der Waals surface area contributed by atoms with Gasteiger partial charge in [0.05, 0.1) is 5.52 Å². The summed E-state index contributed by atoms with van der Waals surface area (Å²) in [4.78, 5) is 0. The van der Waals surface area contributed by atoms with Crippen molar-refractivity contribution < 1.29 is 4.39 Å². The smallest absolute Gasteiger partial charge is 0.125 e. The molecular weight excluding hydrogens is 203 g/mol. The third-order valence-corrected chi connectivity index (χ3v) is 3.10. The monoisotopic (exact) mass is 220 g/mol. The maximum absolute atomic E-state index is 13.2. The quantitative estimate of drug-likeness (QED) is 0.787. The number of nitrogens with zero attached hydrogens (tertiary/aromatic N) is 1. The molecule has 0 unspecified atom stereocenters. The van der Waals surface area contributed by atoms with Crippen LogP contribution in [0.25, 0.3) is 10.9 Å². The van der Waals surface area contributed by atoms with Crippen LogP contribution in [-0.2, 0) is 12.6 Å². The fourth-order valence-electron chi connectivity index (χ4n) is 2.35. The fourth-order valence-corrected chi connectivity index (χ4v) is 2.35. The first-order chi connectivity index (χ1) is 7.32. The molecule has 1 aromatic heterocycles. The molecule has 2 aromatic rings. The summed E-state index contributed by atoms with van der Waals surface area (Å²) in [6.45, 7) is 5.96. The molecule has 0 bridgehead atoms. The molecule has 86 valence electrons. The van der Waals surface area contributed by atoms with Gasteiger partial charge in [-0.05, 0) is 44.5 Å². The van der Waals surface area contributed by atoms with Gasteiger partial charge in [0, 0.05) is 23.7 Å². The van der Waals surface area contributed by atoms with Crippen molar-refractivity contribution in [3.63, 3.8) is 0 Å². The molecular formula is C13H17FN2. The highest BCUT2D eigenvalue weighted by atomic mass is 19.1. The van der Waals surface area contributed by atoms with E-state index in [1.165, 1.54) is 6.07 Å². The van der Waals surface area contributed by atoms with Crippen molar-refractivity contribution >= 4 is 10.9 Å². The maximum Gasteiger partial charge on any atom is 0.125 e. The summed E-state index contributed by atoms with van der Waals surface area (Å²) in [5.74, 6) is -0.213. The number of hydrogen-bond acceptors (Lipinski definition) is 1. The van der Waals surface area contributed by atoms with Crippen LogP contribution in [0.3, 0.4) is 0 Å². The van der Waals surface area contributed by atoms with E-state index in [2.05, 4.69) is 0 Å². The van der Waals surface area contributed by atoms with Crippen LogP contribution in [0.15, 0.2) is 18.2 Å². The predicted molar refractivity (Wildman–Crippen MR) is 64.8 cm³/mol. The van der Waals surface area contributed by atoms with Gasteiger partial charge in [-0.1, -0.05) is 0 Å². The molecule has 0 aliphatic heterocycles. The summed E-state index contributed by atoms with van der Waals surface area (Å²) in [5.41, 5.74) is 8.83. The summed E-state index contributed by atoms with van der Waals surface area (Å²) in [6, 6.07) is 4.84. The maximum atomic E-state index is 13.2. The van der Waals surface area contributed by atoms with E-state index in [4.69, 9.17) is 5.73 Å². The second-order valence-electron chi connectivity index (χ2n) is 4.90. The van der Waals surface area contributed by atoms with Crippen LogP contribution in [0, 0.1) is 12.7 Å². The van der Waals surface area contributed by atoms with Gasteiger partial charge in [0.1, 0.15) is 5.82 Å². The average molecular weight is 220 g/mol. The SMILES string of the molecule is Cc1c(C(C)(C)N)c2ccc(F)cc2n1C. The van der Waals surface area contributed by atoms with Crippen molar-refractivity contribution in [2.75, 3.05) is 0 Å². The van der Waals surface area contributed by atoms with Gasteiger partial charge in [0.25, 0.3) is 0 Å². The molecule has 0 aliphatic rings. The Hall–Kier alpha value is -1.35. The van der Waals surface area contributed by atoms with E-state index in [1.807, 2.05) is 38.5 Å². The molecule has 0 amide bonds. The minimum Gasteiger partial charge on any atom is -0.348 e. The first-order valence-corrected chi connectivity index (χ1v) is 5.36. The molecule has 3 heteroatoms. The lowest BCUT2D eigenvalue weighted by molar-refractivity contribution is 0.552. The van der Waals surface area contributed by atoms with Crippen LogP contribution in [-0.4, -0.2) is 4.57 Å². The molecule has 0 aliphatic carbocycles. The molecule has 0 spiro atoms. The van der Waals surface area contributed by atoms with Gasteiger partial charge in [-0.3, -0.25) is 0 Å². The van der Waals surface area contributed by atoms with E-state index in [-0.39, 0.29) is 5.82 Å². The average Bonchev–Trinajstić information content (AvgIpc) is 2.40. The lowest BCUT2D eigenvalue weighted by Crippen LogP contribution is -2.29. The molecule has 2 N–H and O–H groups in total. The number of hydrogen-bond donors (Lipinski definition) is 1. The number of fused-ring (bicyclic) bond motifs is 1. The van der Waals surface area contributed by atoms with Crippen LogP contribution in [0.1, 0.15) is 25.1 Å². The van der Waals surface area contributed by atoms with Gasteiger partial charge in [-0.2, -0.15) is 0 Å². The minimum atomic E-state index is -0.415. The largest absolute Gasteiger partial charge is 0.348 e. The zero-order valence-electron chi connectivity index (χ0n) is 10.1. The zero-order valence-corrected chi connectivity index (χ0v) is 10.1. The van der Waals surface area contributed by atoms with E-state index in [0.29, 0.717) is 0 Å². The van der Waals surface area contributed by atoms with Crippen molar-refractivity contribution in [3.05, 3.63) is 35.3 Å². The van der Waals surface area contributed by atoms with E-state index >= 15 is 0 Å². The van der Waals surface area contributed by atoms with Gasteiger partial charge >= 0.3 is 0 Å². The first kappa shape index (κ1) is 11.1. The summed E-state index contributed by atoms with van der Waals surface area (Å²) < 4.78 is 15.2. The zero-order chi connectivity index (χ0) is 12.1. The van der Waals surface area contributed by atoms with Crippen LogP contribution < -0.4 is 5.73 Å². The Balaban J connectivity index is 2.90. The molecule has 0 saturated heterocycles. The lowest BCUT2D eigenvalue weighted by Gasteiger charge is -2.19. The number of halogens is 1. The molecule has 0 saturated carbocycles. The Morgan fingerprint density at radius 1 is 1.31 bits per heavy atom. The van der Waals surface area contributed by atoms with Gasteiger partial charge in [-0.15, -0.1) is 0 Å². The van der Waals surface area contributed by atoms with Gasteiger partial charge in [0.2, 0.25) is 0 Å². The molecule has 1 heterocycles. The summed E-state index contributed by atoms with van der Waals surface area (Å²) >= 11 is 0. The molecule has 0 radical (unpaired) electrons. The van der Waals surface area contributed by atoms with Crippen molar-refractivity contribution in [2.45, 2.75) is 26.3 Å². The Bertz CT molecular complexity index is 547. The van der Waals surface area contributed by atoms with Crippen LogP contribution in [0.2, 0.25) is 0 Å². The minimum absolute atomic E-state index is 0.213. The first-order valence-electron chi connectivity index (χ1n) is 5.36.